The maximum Gasteiger partial charge on any atom is 0.109 e. The molecule has 4 heteroatoms. The maximum absolute atomic E-state index is 9.23. The first-order valence-electron chi connectivity index (χ1n) is 7.55. The number of aromatic nitrogens is 2. The van der Waals surface area contributed by atoms with Crippen molar-refractivity contribution in [2.45, 2.75) is 46.1 Å². The molecule has 0 saturated heterocycles. The van der Waals surface area contributed by atoms with Gasteiger partial charge in [0.25, 0.3) is 0 Å². The summed E-state index contributed by atoms with van der Waals surface area (Å²) in [5.41, 5.74) is 8.72. The van der Waals surface area contributed by atoms with E-state index in [9.17, 15) is 5.11 Å². The molecule has 1 aromatic carbocycles. The highest BCUT2D eigenvalue weighted by Gasteiger charge is 2.14. The molecular weight excluding hydrogens is 250 g/mol. The van der Waals surface area contributed by atoms with Gasteiger partial charge in [0.1, 0.15) is 5.82 Å². The first-order valence-corrected chi connectivity index (χ1v) is 7.55. The third-order valence-electron chi connectivity index (χ3n) is 3.84. The molecule has 0 aliphatic rings. The highest BCUT2D eigenvalue weighted by molar-refractivity contribution is 5.79. The van der Waals surface area contributed by atoms with Crippen LogP contribution in [0.4, 0.5) is 5.69 Å². The van der Waals surface area contributed by atoms with Gasteiger partial charge in [-0.2, -0.15) is 0 Å². The first-order chi connectivity index (χ1) is 9.69. The molecule has 110 valence electrons. The Kier molecular flexibility index (Phi) is 5.01. The van der Waals surface area contributed by atoms with Crippen LogP contribution in [-0.4, -0.2) is 21.3 Å². The van der Waals surface area contributed by atoms with E-state index in [1.54, 1.807) is 0 Å². The topological polar surface area (TPSA) is 64.1 Å². The predicted octanol–water partition coefficient (Wildman–Crippen LogP) is 2.98. The lowest BCUT2D eigenvalue weighted by atomic mass is 10.00. The van der Waals surface area contributed by atoms with E-state index >= 15 is 0 Å². The summed E-state index contributed by atoms with van der Waals surface area (Å²) in [5.74, 6) is 1.61. The van der Waals surface area contributed by atoms with Crippen LogP contribution < -0.4 is 5.73 Å². The number of aliphatic hydroxyl groups excluding tert-OH is 1. The fourth-order valence-electron chi connectivity index (χ4n) is 2.85. The lowest BCUT2D eigenvalue weighted by Crippen LogP contribution is -2.14. The summed E-state index contributed by atoms with van der Waals surface area (Å²) in [6.07, 6.45) is 4.04. The van der Waals surface area contributed by atoms with Crippen LogP contribution in [0.1, 0.15) is 38.9 Å². The van der Waals surface area contributed by atoms with Crippen molar-refractivity contribution < 1.29 is 5.11 Å². The highest BCUT2D eigenvalue weighted by Crippen LogP contribution is 2.23. The van der Waals surface area contributed by atoms with Crippen LogP contribution in [0.5, 0.6) is 0 Å². The quantitative estimate of drug-likeness (QED) is 0.764. The summed E-state index contributed by atoms with van der Waals surface area (Å²) in [6.45, 7) is 5.50. The van der Waals surface area contributed by atoms with E-state index in [2.05, 4.69) is 29.5 Å². The fourth-order valence-corrected chi connectivity index (χ4v) is 2.85. The standard InChI is InChI=1S/C16H25N3O/c1-3-5-12(8-9-20)11-19-15-7-6-13(17)10-14(15)18-16(19)4-2/h6-7,10,12,20H,3-5,8-9,11,17H2,1-2H3. The van der Waals surface area contributed by atoms with Gasteiger partial charge in [0.05, 0.1) is 11.0 Å². The molecule has 1 aromatic heterocycles. The van der Waals surface area contributed by atoms with Gasteiger partial charge >= 0.3 is 0 Å². The average molecular weight is 275 g/mol. The van der Waals surface area contributed by atoms with Crippen LogP contribution in [-0.2, 0) is 13.0 Å². The Balaban J connectivity index is 2.35. The minimum atomic E-state index is 0.256. The smallest absolute Gasteiger partial charge is 0.109 e. The van der Waals surface area contributed by atoms with E-state index in [1.807, 2.05) is 12.1 Å². The Bertz CT molecular complexity index is 556. The molecule has 3 N–H and O–H groups in total. The monoisotopic (exact) mass is 275 g/mol. The Morgan fingerprint density at radius 2 is 2.10 bits per heavy atom. The number of rotatable bonds is 7. The normalized spacial score (nSPS) is 12.9. The SMILES string of the molecule is CCCC(CCO)Cn1c(CC)nc2cc(N)ccc21. The number of hydrogen-bond acceptors (Lipinski definition) is 3. The molecule has 0 spiro atoms. The van der Waals surface area contributed by atoms with Gasteiger partial charge in [-0.25, -0.2) is 4.98 Å². The van der Waals surface area contributed by atoms with Gasteiger partial charge in [0.15, 0.2) is 0 Å². The molecule has 0 radical (unpaired) electrons. The summed E-state index contributed by atoms with van der Waals surface area (Å²) in [6, 6.07) is 5.92. The molecule has 0 aliphatic carbocycles. The van der Waals surface area contributed by atoms with Crippen molar-refractivity contribution in [2.75, 3.05) is 12.3 Å². The zero-order valence-corrected chi connectivity index (χ0v) is 12.5. The van der Waals surface area contributed by atoms with Gasteiger partial charge < -0.3 is 15.4 Å². The molecule has 2 aromatic rings. The third kappa shape index (κ3) is 3.12. The lowest BCUT2D eigenvalue weighted by molar-refractivity contribution is 0.240. The Morgan fingerprint density at radius 3 is 2.75 bits per heavy atom. The highest BCUT2D eigenvalue weighted by atomic mass is 16.3. The van der Waals surface area contributed by atoms with Gasteiger partial charge in [0.2, 0.25) is 0 Å². The van der Waals surface area contributed by atoms with Crippen LogP contribution in [0.3, 0.4) is 0 Å². The van der Waals surface area contributed by atoms with Crippen LogP contribution in [0.25, 0.3) is 11.0 Å². The van der Waals surface area contributed by atoms with Crippen LogP contribution >= 0.6 is 0 Å². The second-order valence-corrected chi connectivity index (χ2v) is 5.41. The number of benzene rings is 1. The Hall–Kier alpha value is -1.55. The number of imidazole rings is 1. The summed E-state index contributed by atoms with van der Waals surface area (Å²) in [7, 11) is 0. The summed E-state index contributed by atoms with van der Waals surface area (Å²) in [4.78, 5) is 4.69. The molecule has 0 bridgehead atoms. The van der Waals surface area contributed by atoms with Crippen molar-refractivity contribution in [3.8, 4) is 0 Å². The number of fused-ring (bicyclic) bond motifs is 1. The van der Waals surface area contributed by atoms with Gasteiger partial charge in [-0.3, -0.25) is 0 Å². The van der Waals surface area contributed by atoms with Crippen molar-refractivity contribution in [3.63, 3.8) is 0 Å². The number of anilines is 1. The number of nitrogen functional groups attached to an aromatic ring is 1. The second-order valence-electron chi connectivity index (χ2n) is 5.41. The van der Waals surface area contributed by atoms with E-state index < -0.39 is 0 Å². The molecule has 1 unspecified atom stereocenters. The van der Waals surface area contributed by atoms with Crippen LogP contribution in [0, 0.1) is 5.92 Å². The third-order valence-corrected chi connectivity index (χ3v) is 3.84. The molecule has 1 heterocycles. The Labute approximate surface area is 120 Å². The zero-order valence-electron chi connectivity index (χ0n) is 12.5. The summed E-state index contributed by atoms with van der Waals surface area (Å²) in [5, 5.41) is 9.23. The Morgan fingerprint density at radius 1 is 1.30 bits per heavy atom. The number of nitrogens with two attached hydrogens (primary N) is 1. The number of hydrogen-bond donors (Lipinski definition) is 2. The fraction of sp³-hybridized carbons (Fsp3) is 0.562. The molecule has 0 fully saturated rings. The van der Waals surface area contributed by atoms with E-state index in [1.165, 1.54) is 0 Å². The number of nitrogens with zero attached hydrogens (tertiary/aromatic N) is 2. The van der Waals surface area contributed by atoms with E-state index in [0.29, 0.717) is 5.92 Å². The van der Waals surface area contributed by atoms with Gasteiger partial charge in [-0.05, 0) is 37.0 Å². The van der Waals surface area contributed by atoms with Crippen molar-refractivity contribution >= 4 is 16.7 Å². The van der Waals surface area contributed by atoms with E-state index in [0.717, 1.165) is 54.8 Å². The molecule has 2 rings (SSSR count). The summed E-state index contributed by atoms with van der Waals surface area (Å²) >= 11 is 0. The van der Waals surface area contributed by atoms with E-state index in [-0.39, 0.29) is 6.61 Å². The lowest BCUT2D eigenvalue weighted by Gasteiger charge is -2.18. The predicted molar refractivity (Wildman–Crippen MR) is 83.6 cm³/mol. The molecule has 4 nitrogen and oxygen atoms in total. The largest absolute Gasteiger partial charge is 0.399 e. The first kappa shape index (κ1) is 14.9. The zero-order chi connectivity index (χ0) is 14.5. The molecule has 0 aliphatic heterocycles. The minimum absolute atomic E-state index is 0.256. The van der Waals surface area contributed by atoms with Crippen molar-refractivity contribution in [3.05, 3.63) is 24.0 Å². The minimum Gasteiger partial charge on any atom is -0.399 e. The van der Waals surface area contributed by atoms with Crippen LogP contribution in [0.2, 0.25) is 0 Å². The van der Waals surface area contributed by atoms with E-state index in [4.69, 9.17) is 5.73 Å². The molecule has 20 heavy (non-hydrogen) atoms. The van der Waals surface area contributed by atoms with Gasteiger partial charge in [-0.1, -0.05) is 20.3 Å². The van der Waals surface area contributed by atoms with Gasteiger partial charge in [0, 0.05) is 25.3 Å². The molecule has 1 atom stereocenters. The van der Waals surface area contributed by atoms with Crippen molar-refractivity contribution in [1.82, 2.24) is 9.55 Å². The summed E-state index contributed by atoms with van der Waals surface area (Å²) < 4.78 is 2.30. The number of aryl methyl sites for hydroxylation is 1. The van der Waals surface area contributed by atoms with Crippen LogP contribution in [0.15, 0.2) is 18.2 Å². The molecular formula is C16H25N3O. The second kappa shape index (κ2) is 6.75. The van der Waals surface area contributed by atoms with Gasteiger partial charge in [-0.15, -0.1) is 0 Å². The van der Waals surface area contributed by atoms with Crippen molar-refractivity contribution in [1.29, 1.82) is 0 Å². The molecule has 0 saturated carbocycles. The van der Waals surface area contributed by atoms with Crippen molar-refractivity contribution in [2.24, 2.45) is 5.92 Å². The average Bonchev–Trinajstić information content (AvgIpc) is 2.76. The molecule has 0 amide bonds. The maximum atomic E-state index is 9.23. The number of aliphatic hydroxyl groups is 1.